The fourth-order valence-corrected chi connectivity index (χ4v) is 5.26. The van der Waals surface area contributed by atoms with Crippen molar-refractivity contribution in [2.24, 2.45) is 0 Å². The Labute approximate surface area is 171 Å². The van der Waals surface area contributed by atoms with Gasteiger partial charge in [0.1, 0.15) is 0 Å². The van der Waals surface area contributed by atoms with E-state index in [4.69, 9.17) is 4.42 Å². The molecule has 4 heteroatoms. The smallest absolute Gasteiger partial charge is 0.0940 e. The second-order valence-electron chi connectivity index (χ2n) is 9.23. The van der Waals surface area contributed by atoms with E-state index < -0.39 is 0 Å². The molecule has 0 N–H and O–H groups in total. The van der Waals surface area contributed by atoms with E-state index in [1.165, 1.54) is 16.8 Å². The molecule has 0 radical (unpaired) electrons. The molecule has 2 nitrogen and oxygen atoms in total. The van der Waals surface area contributed by atoms with Crippen LogP contribution in [0, 0.1) is 0 Å². The van der Waals surface area contributed by atoms with E-state index in [0.717, 1.165) is 25.7 Å². The molecule has 3 heterocycles. The Bertz CT molecular complexity index is 749. The van der Waals surface area contributed by atoms with Crippen molar-refractivity contribution in [3.8, 4) is 0 Å². The first kappa shape index (κ1) is 20.3. The van der Waals surface area contributed by atoms with Crippen molar-refractivity contribution in [1.29, 1.82) is 0 Å². The Balaban J connectivity index is 1.75. The fraction of sp³-hybridized carbons (Fsp3) is 0.522. The van der Waals surface area contributed by atoms with Crippen LogP contribution in [-0.2, 0) is 16.2 Å². The highest BCUT2D eigenvalue weighted by molar-refractivity contribution is 7.08. The van der Waals surface area contributed by atoms with Crippen molar-refractivity contribution in [3.05, 3.63) is 63.1 Å². The summed E-state index contributed by atoms with van der Waals surface area (Å²) in [7, 11) is 0. The summed E-state index contributed by atoms with van der Waals surface area (Å²) in [5.41, 5.74) is 6.30. The molecular weight excluding hydrogens is 370 g/mol. The summed E-state index contributed by atoms with van der Waals surface area (Å²) in [4.78, 5) is 4.57. The number of hydrogen-bond acceptors (Lipinski definition) is 4. The van der Waals surface area contributed by atoms with Gasteiger partial charge in [0.2, 0.25) is 0 Å². The third-order valence-electron chi connectivity index (χ3n) is 6.25. The minimum absolute atomic E-state index is 0.0911. The average molecular weight is 402 g/mol. The topological polar surface area (TPSA) is 26.0 Å². The van der Waals surface area contributed by atoms with Gasteiger partial charge >= 0.3 is 0 Å². The predicted octanol–water partition coefficient (Wildman–Crippen LogP) is 7.57. The zero-order chi connectivity index (χ0) is 19.5. The molecule has 0 aliphatic carbocycles. The molecule has 0 saturated heterocycles. The quantitative estimate of drug-likeness (QED) is 0.369. The summed E-state index contributed by atoms with van der Waals surface area (Å²) in [5.74, 6) is 0. The fourth-order valence-electron chi connectivity index (χ4n) is 3.67. The van der Waals surface area contributed by atoms with Gasteiger partial charge in [-0.25, -0.2) is 4.98 Å². The first-order valence-electron chi connectivity index (χ1n) is 9.67. The van der Waals surface area contributed by atoms with Gasteiger partial charge in [0, 0.05) is 10.8 Å². The lowest BCUT2D eigenvalue weighted by atomic mass is 9.68. The van der Waals surface area contributed by atoms with E-state index in [0.29, 0.717) is 0 Å². The Morgan fingerprint density at radius 2 is 1.59 bits per heavy atom. The normalized spacial score (nSPS) is 15.0. The van der Waals surface area contributed by atoms with Crippen molar-refractivity contribution in [2.75, 3.05) is 0 Å². The van der Waals surface area contributed by atoms with Gasteiger partial charge in [-0.3, -0.25) is 0 Å². The van der Waals surface area contributed by atoms with E-state index in [2.05, 4.69) is 67.9 Å². The number of thiazole rings is 1. The van der Waals surface area contributed by atoms with Gasteiger partial charge < -0.3 is 4.42 Å². The monoisotopic (exact) mass is 401 g/mol. The lowest BCUT2D eigenvalue weighted by Crippen LogP contribution is -2.29. The molecule has 1 atom stereocenters. The van der Waals surface area contributed by atoms with Crippen LogP contribution in [0.3, 0.4) is 0 Å². The van der Waals surface area contributed by atoms with Gasteiger partial charge in [0.25, 0.3) is 0 Å². The standard InChI is InChI=1S/C23H31NOS2/c1-21(2,19-7-13-26-15-19)8-10-23(5,18-6-12-25-14-18)11-9-22(3,4)20-16-27-17-24-20/h6-7,12-17H,8-11H2,1-5H3. The maximum absolute atomic E-state index is 5.46. The first-order valence-corrected chi connectivity index (χ1v) is 11.6. The molecule has 0 fully saturated rings. The second-order valence-corrected chi connectivity index (χ2v) is 10.7. The summed E-state index contributed by atoms with van der Waals surface area (Å²) >= 11 is 3.47. The molecule has 0 bridgehead atoms. The van der Waals surface area contributed by atoms with Crippen molar-refractivity contribution in [1.82, 2.24) is 4.98 Å². The largest absolute Gasteiger partial charge is 0.472 e. The highest BCUT2D eigenvalue weighted by Gasteiger charge is 2.34. The molecule has 146 valence electrons. The molecule has 1 unspecified atom stereocenters. The summed E-state index contributed by atoms with van der Waals surface area (Å²) in [6.45, 7) is 11.8. The zero-order valence-electron chi connectivity index (χ0n) is 17.1. The van der Waals surface area contributed by atoms with Crippen LogP contribution in [0.15, 0.2) is 50.7 Å². The number of nitrogens with zero attached hydrogens (tertiary/aromatic N) is 1. The van der Waals surface area contributed by atoms with Crippen LogP contribution < -0.4 is 0 Å². The molecule has 0 aliphatic rings. The molecule has 0 amide bonds. The predicted molar refractivity (Wildman–Crippen MR) is 117 cm³/mol. The van der Waals surface area contributed by atoms with Crippen LogP contribution in [0.4, 0.5) is 0 Å². The van der Waals surface area contributed by atoms with Crippen LogP contribution in [0.5, 0.6) is 0 Å². The van der Waals surface area contributed by atoms with Crippen molar-refractivity contribution >= 4 is 22.7 Å². The maximum Gasteiger partial charge on any atom is 0.0940 e. The van der Waals surface area contributed by atoms with Crippen LogP contribution in [-0.4, -0.2) is 4.98 Å². The highest BCUT2D eigenvalue weighted by Crippen LogP contribution is 2.42. The van der Waals surface area contributed by atoms with E-state index in [9.17, 15) is 0 Å². The van der Waals surface area contributed by atoms with E-state index in [1.54, 1.807) is 22.7 Å². The molecule has 0 spiro atoms. The molecule has 27 heavy (non-hydrogen) atoms. The molecule has 0 saturated carbocycles. The number of furan rings is 1. The summed E-state index contributed by atoms with van der Waals surface area (Å²) < 4.78 is 5.46. The number of rotatable bonds is 9. The van der Waals surface area contributed by atoms with Crippen LogP contribution in [0.2, 0.25) is 0 Å². The van der Waals surface area contributed by atoms with E-state index in [1.807, 2.05) is 18.0 Å². The summed E-state index contributed by atoms with van der Waals surface area (Å²) in [6.07, 6.45) is 8.27. The Kier molecular flexibility index (Phi) is 5.97. The Morgan fingerprint density at radius 1 is 0.852 bits per heavy atom. The molecular formula is C23H31NOS2. The van der Waals surface area contributed by atoms with E-state index in [-0.39, 0.29) is 16.2 Å². The lowest BCUT2D eigenvalue weighted by molar-refractivity contribution is 0.298. The Hall–Kier alpha value is -1.39. The minimum atomic E-state index is 0.0911. The Morgan fingerprint density at radius 3 is 2.15 bits per heavy atom. The maximum atomic E-state index is 5.46. The van der Waals surface area contributed by atoms with Gasteiger partial charge in [-0.15, -0.1) is 11.3 Å². The first-order chi connectivity index (χ1) is 12.7. The molecule has 0 aromatic carbocycles. The van der Waals surface area contributed by atoms with Gasteiger partial charge in [-0.1, -0.05) is 34.6 Å². The van der Waals surface area contributed by atoms with Gasteiger partial charge in [-0.05, 0) is 70.5 Å². The van der Waals surface area contributed by atoms with Gasteiger partial charge in [-0.2, -0.15) is 11.3 Å². The van der Waals surface area contributed by atoms with Crippen molar-refractivity contribution in [2.45, 2.75) is 76.5 Å². The molecule has 3 rings (SSSR count). The minimum Gasteiger partial charge on any atom is -0.472 e. The zero-order valence-corrected chi connectivity index (χ0v) is 18.8. The van der Waals surface area contributed by atoms with Crippen LogP contribution >= 0.6 is 22.7 Å². The summed E-state index contributed by atoms with van der Waals surface area (Å²) in [5, 5.41) is 6.66. The highest BCUT2D eigenvalue weighted by atomic mass is 32.1. The van der Waals surface area contributed by atoms with Gasteiger partial charge in [0.15, 0.2) is 0 Å². The third-order valence-corrected chi connectivity index (χ3v) is 7.52. The third kappa shape index (κ3) is 4.72. The molecule has 0 aliphatic heterocycles. The van der Waals surface area contributed by atoms with Crippen molar-refractivity contribution in [3.63, 3.8) is 0 Å². The van der Waals surface area contributed by atoms with Crippen LogP contribution in [0.25, 0.3) is 0 Å². The number of hydrogen-bond donors (Lipinski definition) is 0. The lowest BCUT2D eigenvalue weighted by Gasteiger charge is -2.36. The number of thiophene rings is 1. The van der Waals surface area contributed by atoms with Crippen LogP contribution in [0.1, 0.15) is 77.1 Å². The van der Waals surface area contributed by atoms with E-state index >= 15 is 0 Å². The second kappa shape index (κ2) is 7.92. The van der Waals surface area contributed by atoms with Crippen molar-refractivity contribution < 1.29 is 4.42 Å². The molecule has 3 aromatic heterocycles. The van der Waals surface area contributed by atoms with Gasteiger partial charge in [0.05, 0.1) is 23.7 Å². The average Bonchev–Trinajstić information content (AvgIpc) is 3.39. The molecule has 3 aromatic rings. The number of aromatic nitrogens is 1. The SMILES string of the molecule is CC(C)(CCC(C)(CCC(C)(C)c1cscn1)c1ccoc1)c1ccsc1. The summed E-state index contributed by atoms with van der Waals surface area (Å²) in [6, 6.07) is 4.42.